The number of nitrogens with one attached hydrogen (secondary N) is 2. The van der Waals surface area contributed by atoms with E-state index in [2.05, 4.69) is 26.7 Å². The number of fused-ring (bicyclic) bond motifs is 1. The largest absolute Gasteiger partial charge is 0.457 e. The third-order valence-electron chi connectivity index (χ3n) is 4.56. The summed E-state index contributed by atoms with van der Waals surface area (Å²) >= 11 is 0. The van der Waals surface area contributed by atoms with Gasteiger partial charge in [-0.05, 0) is 30.3 Å². The molecule has 4 rings (SSSR count). The van der Waals surface area contributed by atoms with Crippen LogP contribution in [0.3, 0.4) is 0 Å². The van der Waals surface area contributed by atoms with Crippen LogP contribution in [0.4, 0.5) is 16.0 Å². The van der Waals surface area contributed by atoms with E-state index in [4.69, 9.17) is 4.74 Å². The van der Waals surface area contributed by atoms with Crippen LogP contribution in [0, 0.1) is 11.3 Å². The number of rotatable bonds is 6. The van der Waals surface area contributed by atoms with Gasteiger partial charge in [-0.25, -0.2) is 9.37 Å². The minimum atomic E-state index is -0.798. The number of amides is 1. The lowest BCUT2D eigenvalue weighted by Crippen LogP contribution is -2.18. The number of ether oxygens (including phenoxy) is 1. The summed E-state index contributed by atoms with van der Waals surface area (Å²) in [7, 11) is 1.52. The molecule has 2 N–H and O–H groups in total. The summed E-state index contributed by atoms with van der Waals surface area (Å²) in [5, 5.41) is 14.8. The third kappa shape index (κ3) is 4.00. The highest BCUT2D eigenvalue weighted by Crippen LogP contribution is 2.29. The molecule has 4 aromatic rings. The second-order valence-electron chi connectivity index (χ2n) is 6.47. The molecule has 0 spiro atoms. The lowest BCUT2D eigenvalue weighted by molar-refractivity contribution is 0.0958. The van der Waals surface area contributed by atoms with Gasteiger partial charge in [0, 0.05) is 25.4 Å². The van der Waals surface area contributed by atoms with Gasteiger partial charge in [0.25, 0.3) is 5.91 Å². The number of carbonyl (C=O) groups excluding carboxylic acids is 1. The zero-order valence-electron chi connectivity index (χ0n) is 16.5. The number of aromatic nitrogens is 3. The molecule has 31 heavy (non-hydrogen) atoms. The van der Waals surface area contributed by atoms with E-state index in [0.717, 1.165) is 0 Å². The Bertz CT molecular complexity index is 1310. The van der Waals surface area contributed by atoms with Crippen LogP contribution in [0.5, 0.6) is 11.5 Å². The molecule has 2 heterocycles. The predicted molar refractivity (Wildman–Crippen MR) is 113 cm³/mol. The van der Waals surface area contributed by atoms with Crippen molar-refractivity contribution in [1.82, 2.24) is 19.9 Å². The van der Waals surface area contributed by atoms with Crippen LogP contribution in [0.1, 0.15) is 16.1 Å². The van der Waals surface area contributed by atoms with Crippen LogP contribution >= 0.6 is 0 Å². The van der Waals surface area contributed by atoms with Crippen molar-refractivity contribution in [1.29, 1.82) is 5.26 Å². The maximum atomic E-state index is 13.8. The van der Waals surface area contributed by atoms with Gasteiger partial charge in [-0.15, -0.1) is 0 Å². The summed E-state index contributed by atoms with van der Waals surface area (Å²) in [4.78, 5) is 20.2. The zero-order chi connectivity index (χ0) is 21.8. The molecule has 0 bridgehead atoms. The predicted octanol–water partition coefficient (Wildman–Crippen LogP) is 4.13. The first-order valence-electron chi connectivity index (χ1n) is 9.31. The monoisotopic (exact) mass is 416 g/mol. The summed E-state index contributed by atoms with van der Waals surface area (Å²) in [6.45, 7) is -0.798. The normalized spacial score (nSPS) is 10.5. The highest BCUT2D eigenvalue weighted by Gasteiger charge is 2.14. The van der Waals surface area contributed by atoms with Gasteiger partial charge in [0.2, 0.25) is 5.95 Å². The van der Waals surface area contributed by atoms with Crippen LogP contribution in [0.25, 0.3) is 11.0 Å². The Morgan fingerprint density at radius 3 is 2.77 bits per heavy atom. The van der Waals surface area contributed by atoms with E-state index in [1.165, 1.54) is 23.9 Å². The fourth-order valence-corrected chi connectivity index (χ4v) is 3.06. The standard InChI is InChI=1S/C22H17FN6O2/c1-25-21(30)19-11-16(8-9-26-19)31-15-6-7-20-18(10-15)28-22(29(20)13-23)27-17-5-3-2-4-14(17)12-24/h2-11H,13H2,1H3,(H,25,30)(H,27,28). The van der Waals surface area contributed by atoms with E-state index < -0.39 is 6.80 Å². The van der Waals surface area contributed by atoms with Gasteiger partial charge in [-0.2, -0.15) is 5.26 Å². The van der Waals surface area contributed by atoms with Crippen molar-refractivity contribution in [3.8, 4) is 17.6 Å². The number of alkyl halides is 1. The topological polar surface area (TPSA) is 105 Å². The summed E-state index contributed by atoms with van der Waals surface area (Å²) < 4.78 is 21.0. The first-order chi connectivity index (χ1) is 15.1. The number of pyridine rings is 1. The molecule has 0 aliphatic heterocycles. The van der Waals surface area contributed by atoms with Crippen molar-refractivity contribution >= 4 is 28.6 Å². The molecule has 0 atom stereocenters. The molecule has 0 saturated heterocycles. The molecule has 0 aliphatic carbocycles. The van der Waals surface area contributed by atoms with Crippen LogP contribution in [0.15, 0.2) is 60.8 Å². The number of anilines is 2. The number of nitriles is 1. The second kappa shape index (κ2) is 8.51. The molecular weight excluding hydrogens is 399 g/mol. The number of benzene rings is 2. The summed E-state index contributed by atoms with van der Waals surface area (Å²) in [6, 6.07) is 17.2. The molecule has 0 saturated carbocycles. The molecule has 0 aliphatic rings. The van der Waals surface area contributed by atoms with Crippen LogP contribution in [0.2, 0.25) is 0 Å². The lowest BCUT2D eigenvalue weighted by atomic mass is 10.2. The Balaban J connectivity index is 1.66. The van der Waals surface area contributed by atoms with Gasteiger partial charge in [-0.3, -0.25) is 14.3 Å². The van der Waals surface area contributed by atoms with Crippen molar-refractivity contribution in [2.45, 2.75) is 6.80 Å². The van der Waals surface area contributed by atoms with E-state index in [1.54, 1.807) is 48.5 Å². The van der Waals surface area contributed by atoms with Crippen molar-refractivity contribution in [2.75, 3.05) is 12.4 Å². The third-order valence-corrected chi connectivity index (χ3v) is 4.56. The van der Waals surface area contributed by atoms with E-state index >= 15 is 0 Å². The van der Waals surface area contributed by atoms with Crippen LogP contribution < -0.4 is 15.4 Å². The molecule has 9 heteroatoms. The van der Waals surface area contributed by atoms with Gasteiger partial charge in [0.15, 0.2) is 6.80 Å². The average molecular weight is 416 g/mol. The van der Waals surface area contributed by atoms with Gasteiger partial charge >= 0.3 is 0 Å². The summed E-state index contributed by atoms with van der Waals surface area (Å²) in [5.74, 6) is 0.840. The maximum Gasteiger partial charge on any atom is 0.269 e. The lowest BCUT2D eigenvalue weighted by Gasteiger charge is -2.09. The number of para-hydroxylation sites is 1. The second-order valence-corrected chi connectivity index (χ2v) is 6.47. The molecule has 0 radical (unpaired) electrons. The Morgan fingerprint density at radius 2 is 2.00 bits per heavy atom. The Morgan fingerprint density at radius 1 is 1.19 bits per heavy atom. The molecule has 2 aromatic carbocycles. The Labute approximate surface area is 176 Å². The van der Waals surface area contributed by atoms with E-state index in [0.29, 0.717) is 33.8 Å². The van der Waals surface area contributed by atoms with E-state index in [9.17, 15) is 14.4 Å². The van der Waals surface area contributed by atoms with Crippen LogP contribution in [-0.2, 0) is 6.80 Å². The fourth-order valence-electron chi connectivity index (χ4n) is 3.06. The average Bonchev–Trinajstić information content (AvgIpc) is 3.15. The van der Waals surface area contributed by atoms with E-state index in [-0.39, 0.29) is 17.5 Å². The number of carbonyl (C=O) groups is 1. The Kier molecular flexibility index (Phi) is 5.45. The van der Waals surface area contributed by atoms with Gasteiger partial charge in [-0.1, -0.05) is 12.1 Å². The Hall–Kier alpha value is -4.45. The number of halogens is 1. The maximum absolute atomic E-state index is 13.8. The fraction of sp³-hybridized carbons (Fsp3) is 0.0909. The highest BCUT2D eigenvalue weighted by atomic mass is 19.1. The van der Waals surface area contributed by atoms with E-state index in [1.807, 2.05) is 0 Å². The SMILES string of the molecule is CNC(=O)c1cc(Oc2ccc3c(c2)nc(Nc2ccccc2C#N)n3CF)ccn1. The molecule has 8 nitrogen and oxygen atoms in total. The van der Waals surface area contributed by atoms with Crippen LogP contribution in [-0.4, -0.2) is 27.5 Å². The minimum absolute atomic E-state index is 0.227. The smallest absolute Gasteiger partial charge is 0.269 e. The quantitative estimate of drug-likeness (QED) is 0.490. The molecule has 2 aromatic heterocycles. The van der Waals surface area contributed by atoms with Crippen molar-refractivity contribution < 1.29 is 13.9 Å². The van der Waals surface area contributed by atoms with Gasteiger partial charge < -0.3 is 15.4 Å². The highest BCUT2D eigenvalue weighted by molar-refractivity contribution is 5.92. The first kappa shape index (κ1) is 19.8. The molecular formula is C22H17FN6O2. The number of imidazole rings is 1. The van der Waals surface area contributed by atoms with Crippen molar-refractivity contribution in [3.63, 3.8) is 0 Å². The summed E-state index contributed by atoms with van der Waals surface area (Å²) in [5.41, 5.74) is 2.25. The molecule has 154 valence electrons. The van der Waals surface area contributed by atoms with Crippen molar-refractivity contribution in [2.24, 2.45) is 0 Å². The molecule has 0 fully saturated rings. The minimum Gasteiger partial charge on any atom is -0.457 e. The van der Waals surface area contributed by atoms with Gasteiger partial charge in [0.05, 0.1) is 22.3 Å². The van der Waals surface area contributed by atoms with Gasteiger partial charge in [0.1, 0.15) is 23.3 Å². The number of hydrogen-bond acceptors (Lipinski definition) is 6. The summed E-state index contributed by atoms with van der Waals surface area (Å²) in [6.07, 6.45) is 1.48. The molecule has 0 unspecified atom stereocenters. The molecule has 1 amide bonds. The van der Waals surface area contributed by atoms with Crippen molar-refractivity contribution in [3.05, 3.63) is 72.1 Å². The first-order valence-corrected chi connectivity index (χ1v) is 9.31. The zero-order valence-corrected chi connectivity index (χ0v) is 16.5. The number of hydrogen-bond donors (Lipinski definition) is 2. The number of nitrogens with zero attached hydrogens (tertiary/aromatic N) is 4.